The largest absolute Gasteiger partial charge is 0.461 e. The van der Waals surface area contributed by atoms with Crippen LogP contribution in [-0.4, -0.2) is 30.6 Å². The van der Waals surface area contributed by atoms with E-state index in [1.165, 1.54) is 29.2 Å². The van der Waals surface area contributed by atoms with Crippen LogP contribution in [0.1, 0.15) is 27.5 Å². The Morgan fingerprint density at radius 3 is 2.65 bits per heavy atom. The third-order valence-corrected chi connectivity index (χ3v) is 6.03. The fourth-order valence-corrected chi connectivity index (χ4v) is 4.17. The van der Waals surface area contributed by atoms with Crippen molar-refractivity contribution < 1.29 is 26.8 Å². The van der Waals surface area contributed by atoms with Gasteiger partial charge in [-0.1, -0.05) is 17.8 Å². The van der Waals surface area contributed by atoms with Crippen molar-refractivity contribution in [1.29, 1.82) is 0 Å². The van der Waals surface area contributed by atoms with Gasteiger partial charge in [-0.3, -0.25) is 14.3 Å². The van der Waals surface area contributed by atoms with Crippen LogP contribution in [0.5, 0.6) is 0 Å². The Bertz CT molecular complexity index is 1500. The number of pyridine rings is 1. The van der Waals surface area contributed by atoms with Gasteiger partial charge in [-0.25, -0.2) is 4.98 Å². The van der Waals surface area contributed by atoms with Crippen LogP contribution in [0.4, 0.5) is 13.2 Å². The maximum atomic E-state index is 13.4. The summed E-state index contributed by atoms with van der Waals surface area (Å²) in [7, 11) is 0. The zero-order chi connectivity index (χ0) is 25.8. The first-order valence-electron chi connectivity index (χ1n) is 10.8. The van der Waals surface area contributed by atoms with Crippen LogP contribution in [-0.2, 0) is 18.5 Å². The van der Waals surface area contributed by atoms with Crippen LogP contribution in [0.2, 0.25) is 0 Å². The molecule has 0 radical (unpaired) electrons. The van der Waals surface area contributed by atoms with E-state index in [0.717, 1.165) is 29.5 Å². The summed E-state index contributed by atoms with van der Waals surface area (Å²) in [4.78, 5) is 20.5. The summed E-state index contributed by atoms with van der Waals surface area (Å²) < 4.78 is 52.3. The van der Waals surface area contributed by atoms with Gasteiger partial charge >= 0.3 is 6.18 Å². The van der Waals surface area contributed by atoms with E-state index in [-0.39, 0.29) is 34.0 Å². The van der Waals surface area contributed by atoms with E-state index >= 15 is 0 Å². The number of furan rings is 1. The van der Waals surface area contributed by atoms with Crippen molar-refractivity contribution in [3.05, 3.63) is 96.2 Å². The summed E-state index contributed by atoms with van der Waals surface area (Å²) in [5.74, 6) is 0.532. The number of oxazole rings is 1. The molecule has 37 heavy (non-hydrogen) atoms. The summed E-state index contributed by atoms with van der Waals surface area (Å²) in [5.41, 5.74) is 0.372. The Hall–Kier alpha value is -4.39. The van der Waals surface area contributed by atoms with Gasteiger partial charge in [0.25, 0.3) is 5.91 Å². The van der Waals surface area contributed by atoms with Crippen molar-refractivity contribution in [2.24, 2.45) is 0 Å². The number of benzene rings is 1. The second-order valence-corrected chi connectivity index (χ2v) is 8.56. The molecule has 0 saturated heterocycles. The first kappa shape index (κ1) is 24.3. The van der Waals surface area contributed by atoms with E-state index in [2.05, 4.69) is 25.5 Å². The average molecular weight is 527 g/mol. The predicted octanol–water partition coefficient (Wildman–Crippen LogP) is 5.15. The lowest BCUT2D eigenvalue weighted by molar-refractivity contribution is -0.137. The molecule has 0 bridgehead atoms. The smallest absolute Gasteiger partial charge is 0.416 e. The monoisotopic (exact) mass is 526 g/mol. The molecular formula is C24H17F3N6O3S. The molecule has 9 nitrogen and oxygen atoms in total. The lowest BCUT2D eigenvalue weighted by Gasteiger charge is -2.12. The molecule has 0 aliphatic carbocycles. The molecule has 0 saturated carbocycles. The fraction of sp³-hybridized carbons (Fsp3) is 0.125. The van der Waals surface area contributed by atoms with E-state index < -0.39 is 17.6 Å². The summed E-state index contributed by atoms with van der Waals surface area (Å²) in [6.07, 6.45) is 1.41. The van der Waals surface area contributed by atoms with E-state index in [0.29, 0.717) is 12.3 Å². The molecule has 188 valence electrons. The minimum Gasteiger partial charge on any atom is -0.461 e. The average Bonchev–Trinajstić information content (AvgIpc) is 3.67. The van der Waals surface area contributed by atoms with Gasteiger partial charge in [0.2, 0.25) is 11.7 Å². The maximum absolute atomic E-state index is 13.4. The molecule has 0 atom stereocenters. The minimum absolute atomic E-state index is 0.0975. The number of carbonyl (C=O) groups is 1. The maximum Gasteiger partial charge on any atom is 0.416 e. The molecule has 1 amide bonds. The number of thioether (sulfide) groups is 1. The normalized spacial score (nSPS) is 11.5. The second kappa shape index (κ2) is 10.3. The first-order valence-corrected chi connectivity index (χ1v) is 11.8. The number of carbonyl (C=O) groups excluding carboxylic acids is 1. The first-order chi connectivity index (χ1) is 17.9. The van der Waals surface area contributed by atoms with Crippen molar-refractivity contribution in [2.75, 3.05) is 0 Å². The number of aromatic nitrogens is 5. The molecule has 1 aromatic carbocycles. The number of hydrogen-bond acceptors (Lipinski definition) is 8. The van der Waals surface area contributed by atoms with Crippen LogP contribution in [0.15, 0.2) is 87.4 Å². The standard InChI is InChI=1S/C24H17F3N6O3S/c25-24(26,27)16-3-1-4-17(11-16)33-21(19-5-2-10-35-19)31-32-23(33)37-14-20-30-18(13-36-20)22(34)29-12-15-6-8-28-9-7-15/h1-11,13H,12,14H2,(H,29,34). The number of halogens is 3. The second-order valence-electron chi connectivity index (χ2n) is 7.62. The number of amides is 1. The molecule has 0 aliphatic heterocycles. The SMILES string of the molecule is O=C(NCc1ccncc1)c1coc(CSc2nnc(-c3ccco3)n2-c2cccc(C(F)(F)F)c2)n1. The molecular weight excluding hydrogens is 509 g/mol. The number of nitrogens with zero attached hydrogens (tertiary/aromatic N) is 5. The number of hydrogen-bond donors (Lipinski definition) is 1. The van der Waals surface area contributed by atoms with Gasteiger partial charge in [-0.05, 0) is 48.0 Å². The topological polar surface area (TPSA) is 112 Å². The highest BCUT2D eigenvalue weighted by atomic mass is 32.2. The van der Waals surface area contributed by atoms with E-state index in [1.54, 1.807) is 36.7 Å². The van der Waals surface area contributed by atoms with Crippen molar-refractivity contribution >= 4 is 17.7 Å². The lowest BCUT2D eigenvalue weighted by Crippen LogP contribution is -2.23. The number of rotatable bonds is 8. The Labute approximate surface area is 211 Å². The van der Waals surface area contributed by atoms with E-state index in [1.807, 2.05) is 0 Å². The van der Waals surface area contributed by atoms with Crippen molar-refractivity contribution in [1.82, 2.24) is 30.0 Å². The molecule has 1 N–H and O–H groups in total. The molecule has 4 heterocycles. The molecule has 4 aromatic heterocycles. The zero-order valence-corrected chi connectivity index (χ0v) is 19.7. The molecule has 0 fully saturated rings. The van der Waals surface area contributed by atoms with Crippen LogP contribution in [0.25, 0.3) is 17.3 Å². The van der Waals surface area contributed by atoms with Crippen LogP contribution in [0, 0.1) is 0 Å². The lowest BCUT2D eigenvalue weighted by atomic mass is 10.2. The molecule has 5 aromatic rings. The third-order valence-electron chi connectivity index (χ3n) is 5.12. The Balaban J connectivity index is 1.35. The van der Waals surface area contributed by atoms with Gasteiger partial charge < -0.3 is 14.2 Å². The van der Waals surface area contributed by atoms with Gasteiger partial charge in [-0.15, -0.1) is 10.2 Å². The van der Waals surface area contributed by atoms with Crippen molar-refractivity contribution in [3.63, 3.8) is 0 Å². The van der Waals surface area contributed by atoms with Crippen molar-refractivity contribution in [3.8, 4) is 17.3 Å². The van der Waals surface area contributed by atoms with Crippen LogP contribution in [0.3, 0.4) is 0 Å². The van der Waals surface area contributed by atoms with E-state index in [9.17, 15) is 18.0 Å². The summed E-state index contributed by atoms with van der Waals surface area (Å²) in [5, 5.41) is 11.3. The number of nitrogens with one attached hydrogen (secondary N) is 1. The Kier molecular flexibility index (Phi) is 6.77. The Morgan fingerprint density at radius 1 is 1.05 bits per heavy atom. The molecule has 0 aliphatic rings. The van der Waals surface area contributed by atoms with Gasteiger partial charge in [-0.2, -0.15) is 13.2 Å². The highest BCUT2D eigenvalue weighted by molar-refractivity contribution is 7.98. The quantitative estimate of drug-likeness (QED) is 0.276. The summed E-state index contributed by atoms with van der Waals surface area (Å²) in [6.45, 7) is 0.300. The van der Waals surface area contributed by atoms with E-state index in [4.69, 9.17) is 8.83 Å². The highest BCUT2D eigenvalue weighted by Gasteiger charge is 2.31. The van der Waals surface area contributed by atoms with Gasteiger partial charge in [0.1, 0.15) is 6.26 Å². The minimum atomic E-state index is -4.52. The molecule has 5 rings (SSSR count). The third kappa shape index (κ3) is 5.56. The predicted molar refractivity (Wildman–Crippen MR) is 126 cm³/mol. The van der Waals surface area contributed by atoms with Crippen molar-refractivity contribution in [2.45, 2.75) is 23.6 Å². The van der Waals surface area contributed by atoms with Crippen LogP contribution >= 0.6 is 11.8 Å². The molecule has 0 spiro atoms. The Morgan fingerprint density at radius 2 is 1.89 bits per heavy atom. The van der Waals surface area contributed by atoms with Crippen LogP contribution < -0.4 is 5.32 Å². The highest BCUT2D eigenvalue weighted by Crippen LogP contribution is 2.34. The van der Waals surface area contributed by atoms with Gasteiger partial charge in [0, 0.05) is 18.9 Å². The fourth-order valence-electron chi connectivity index (χ4n) is 3.36. The summed E-state index contributed by atoms with van der Waals surface area (Å²) in [6, 6.07) is 11.7. The van der Waals surface area contributed by atoms with Gasteiger partial charge in [0.05, 0.1) is 23.3 Å². The number of alkyl halides is 3. The molecule has 0 unspecified atom stereocenters. The van der Waals surface area contributed by atoms with Gasteiger partial charge in [0.15, 0.2) is 16.6 Å². The molecule has 13 heteroatoms. The summed E-state index contributed by atoms with van der Waals surface area (Å²) >= 11 is 1.13. The zero-order valence-electron chi connectivity index (χ0n) is 18.8.